The van der Waals surface area contributed by atoms with Crippen molar-refractivity contribution in [2.45, 2.75) is 31.8 Å². The average molecular weight is 407 g/mol. The van der Waals surface area contributed by atoms with Crippen LogP contribution in [0.2, 0.25) is 5.02 Å². The van der Waals surface area contributed by atoms with E-state index in [2.05, 4.69) is 5.32 Å². The number of hydrogen-bond acceptors (Lipinski definition) is 2. The van der Waals surface area contributed by atoms with E-state index in [0.29, 0.717) is 30.1 Å². The van der Waals surface area contributed by atoms with E-state index >= 15 is 0 Å². The molecule has 0 aromatic heterocycles. The van der Waals surface area contributed by atoms with Crippen LogP contribution in [0.5, 0.6) is 0 Å². The second-order valence-corrected chi connectivity index (χ2v) is 7.91. The number of carbonyl (C=O) groups is 2. The molecule has 3 aromatic carbocycles. The summed E-state index contributed by atoms with van der Waals surface area (Å²) in [4.78, 5) is 27.7. The van der Waals surface area contributed by atoms with E-state index in [4.69, 9.17) is 11.6 Å². The fraction of sp³-hybridized carbons (Fsp3) is 0.250. The van der Waals surface area contributed by atoms with Crippen LogP contribution in [0.1, 0.15) is 35.2 Å². The van der Waals surface area contributed by atoms with Crippen LogP contribution in [0.3, 0.4) is 0 Å². The minimum absolute atomic E-state index is 0.0309. The Kier molecular flexibility index (Phi) is 5.81. The lowest BCUT2D eigenvalue weighted by molar-refractivity contribution is -0.133. The first-order valence-corrected chi connectivity index (χ1v) is 10.3. The van der Waals surface area contributed by atoms with E-state index < -0.39 is 6.04 Å². The van der Waals surface area contributed by atoms with Crippen LogP contribution >= 0.6 is 11.6 Å². The summed E-state index contributed by atoms with van der Waals surface area (Å²) < 4.78 is 0. The normalized spacial score (nSPS) is 17.2. The number of nitrogens with one attached hydrogen (secondary N) is 1. The number of fused-ring (bicyclic) bond motifs is 1. The second-order valence-electron chi connectivity index (χ2n) is 7.47. The van der Waals surface area contributed by atoms with Crippen molar-refractivity contribution in [1.82, 2.24) is 10.2 Å². The van der Waals surface area contributed by atoms with Gasteiger partial charge in [-0.2, -0.15) is 0 Å². The lowest BCUT2D eigenvalue weighted by Crippen LogP contribution is -2.47. The van der Waals surface area contributed by atoms with Crippen LogP contribution in [0.15, 0.2) is 66.7 Å². The van der Waals surface area contributed by atoms with Crippen molar-refractivity contribution in [3.63, 3.8) is 0 Å². The Morgan fingerprint density at radius 2 is 1.83 bits per heavy atom. The predicted octanol–water partition coefficient (Wildman–Crippen LogP) is 4.80. The first-order valence-electron chi connectivity index (χ1n) is 9.93. The zero-order valence-corrected chi connectivity index (χ0v) is 16.9. The lowest BCUT2D eigenvalue weighted by atomic mass is 10.1. The molecule has 1 heterocycles. The largest absolute Gasteiger partial charge is 0.340 e. The molecule has 1 atom stereocenters. The summed E-state index contributed by atoms with van der Waals surface area (Å²) in [6.07, 6.45) is 2.49. The Bertz CT molecular complexity index is 1050. The standard InChI is InChI=1S/C24H23ClN2O2/c25-21-9-5-6-17(14-21)16-27-13-4-3-10-22(24(27)29)26-23(28)20-12-11-18-7-1-2-8-19(18)15-20/h1-2,5-9,11-12,14-15,22H,3-4,10,13,16H2,(H,26,28). The predicted molar refractivity (Wildman–Crippen MR) is 116 cm³/mol. The molecule has 1 aliphatic heterocycles. The van der Waals surface area contributed by atoms with Crippen molar-refractivity contribution in [2.75, 3.05) is 6.54 Å². The molecule has 5 heteroatoms. The molecule has 1 unspecified atom stereocenters. The topological polar surface area (TPSA) is 49.4 Å². The van der Waals surface area contributed by atoms with Gasteiger partial charge in [0.15, 0.2) is 0 Å². The van der Waals surface area contributed by atoms with Gasteiger partial charge in [0.1, 0.15) is 6.04 Å². The Hall–Kier alpha value is -2.85. The van der Waals surface area contributed by atoms with Crippen LogP contribution in [0.25, 0.3) is 10.8 Å². The first-order chi connectivity index (χ1) is 14.1. The van der Waals surface area contributed by atoms with Gasteiger partial charge in [0.05, 0.1) is 0 Å². The molecule has 0 bridgehead atoms. The molecule has 4 nitrogen and oxygen atoms in total. The average Bonchev–Trinajstić information content (AvgIpc) is 2.89. The highest BCUT2D eigenvalue weighted by Crippen LogP contribution is 2.19. The Morgan fingerprint density at radius 1 is 1.00 bits per heavy atom. The van der Waals surface area contributed by atoms with Gasteiger partial charge in [0.2, 0.25) is 5.91 Å². The zero-order valence-electron chi connectivity index (χ0n) is 16.1. The summed E-state index contributed by atoms with van der Waals surface area (Å²) in [6, 6.07) is 20.6. The molecule has 148 valence electrons. The molecule has 1 aliphatic rings. The van der Waals surface area contributed by atoms with Gasteiger partial charge in [-0.25, -0.2) is 0 Å². The number of hydrogen-bond donors (Lipinski definition) is 1. The van der Waals surface area contributed by atoms with Gasteiger partial charge in [-0.1, -0.05) is 54.1 Å². The van der Waals surface area contributed by atoms with E-state index in [0.717, 1.165) is 29.2 Å². The highest BCUT2D eigenvalue weighted by Gasteiger charge is 2.28. The molecule has 0 radical (unpaired) electrons. The minimum Gasteiger partial charge on any atom is -0.340 e. The van der Waals surface area contributed by atoms with Gasteiger partial charge in [0.25, 0.3) is 5.91 Å². The summed E-state index contributed by atoms with van der Waals surface area (Å²) in [5.41, 5.74) is 1.56. The van der Waals surface area contributed by atoms with Crippen LogP contribution in [-0.2, 0) is 11.3 Å². The van der Waals surface area contributed by atoms with Gasteiger partial charge in [-0.3, -0.25) is 9.59 Å². The van der Waals surface area contributed by atoms with E-state index in [9.17, 15) is 9.59 Å². The number of carbonyl (C=O) groups excluding carboxylic acids is 2. The minimum atomic E-state index is -0.504. The van der Waals surface area contributed by atoms with Gasteiger partial charge >= 0.3 is 0 Å². The van der Waals surface area contributed by atoms with Crippen molar-refractivity contribution in [3.05, 3.63) is 82.9 Å². The Balaban J connectivity index is 1.48. The molecule has 0 aliphatic carbocycles. The van der Waals surface area contributed by atoms with Crippen molar-refractivity contribution < 1.29 is 9.59 Å². The van der Waals surface area contributed by atoms with Crippen molar-refractivity contribution in [3.8, 4) is 0 Å². The fourth-order valence-corrected chi connectivity index (χ4v) is 4.04. The van der Waals surface area contributed by atoms with Crippen molar-refractivity contribution in [1.29, 1.82) is 0 Å². The van der Waals surface area contributed by atoms with Crippen LogP contribution in [0, 0.1) is 0 Å². The zero-order chi connectivity index (χ0) is 20.2. The van der Waals surface area contributed by atoms with Gasteiger partial charge < -0.3 is 10.2 Å². The summed E-state index contributed by atoms with van der Waals surface area (Å²) in [5, 5.41) is 5.71. The Labute approximate surface area is 175 Å². The van der Waals surface area contributed by atoms with Crippen molar-refractivity contribution in [2.24, 2.45) is 0 Å². The number of halogens is 1. The number of rotatable bonds is 4. The molecule has 0 saturated carbocycles. The SMILES string of the molecule is O=C(NC1CCCCN(Cc2cccc(Cl)c2)C1=O)c1ccc2ccccc2c1. The molecule has 0 spiro atoms. The molecule has 1 fully saturated rings. The molecule has 2 amide bonds. The summed E-state index contributed by atoms with van der Waals surface area (Å²) in [6.45, 7) is 1.19. The summed E-state index contributed by atoms with van der Waals surface area (Å²) in [7, 11) is 0. The van der Waals surface area contributed by atoms with Gasteiger partial charge in [0, 0.05) is 23.7 Å². The third-order valence-corrected chi connectivity index (χ3v) is 5.60. The second kappa shape index (κ2) is 8.66. The highest BCUT2D eigenvalue weighted by molar-refractivity contribution is 6.30. The molecular formula is C24H23ClN2O2. The van der Waals surface area contributed by atoms with E-state index in [-0.39, 0.29) is 11.8 Å². The number of benzene rings is 3. The molecule has 1 N–H and O–H groups in total. The Morgan fingerprint density at radius 3 is 2.66 bits per heavy atom. The monoisotopic (exact) mass is 406 g/mol. The molecule has 29 heavy (non-hydrogen) atoms. The molecular weight excluding hydrogens is 384 g/mol. The fourth-order valence-electron chi connectivity index (χ4n) is 3.82. The number of likely N-dealkylation sites (tertiary alicyclic amines) is 1. The quantitative estimate of drug-likeness (QED) is 0.676. The van der Waals surface area contributed by atoms with Crippen molar-refractivity contribution >= 4 is 34.2 Å². The maximum Gasteiger partial charge on any atom is 0.251 e. The third kappa shape index (κ3) is 4.60. The maximum absolute atomic E-state index is 13.1. The summed E-state index contributed by atoms with van der Waals surface area (Å²) >= 11 is 6.08. The summed E-state index contributed by atoms with van der Waals surface area (Å²) in [5.74, 6) is -0.240. The highest BCUT2D eigenvalue weighted by atomic mass is 35.5. The molecule has 3 aromatic rings. The van der Waals surface area contributed by atoms with E-state index in [1.165, 1.54) is 0 Å². The smallest absolute Gasteiger partial charge is 0.251 e. The van der Waals surface area contributed by atoms with Crippen LogP contribution in [0.4, 0.5) is 0 Å². The van der Waals surface area contributed by atoms with Gasteiger partial charge in [-0.15, -0.1) is 0 Å². The molecule has 4 rings (SSSR count). The lowest BCUT2D eigenvalue weighted by Gasteiger charge is -2.25. The van der Waals surface area contributed by atoms with Crippen LogP contribution in [-0.4, -0.2) is 29.3 Å². The molecule has 1 saturated heterocycles. The van der Waals surface area contributed by atoms with Gasteiger partial charge in [-0.05, 0) is 59.9 Å². The number of nitrogens with zero attached hydrogens (tertiary/aromatic N) is 1. The maximum atomic E-state index is 13.1. The van der Waals surface area contributed by atoms with E-state index in [1.807, 2.05) is 71.6 Å². The van der Waals surface area contributed by atoms with Crippen LogP contribution < -0.4 is 5.32 Å². The number of amides is 2. The first kappa shape index (κ1) is 19.5. The third-order valence-electron chi connectivity index (χ3n) is 5.36. The van der Waals surface area contributed by atoms with E-state index in [1.54, 1.807) is 0 Å².